The first-order valence-corrected chi connectivity index (χ1v) is 8.74. The van der Waals surface area contributed by atoms with Crippen LogP contribution in [0.15, 0.2) is 76.5 Å². The Bertz CT molecular complexity index is 1090. The predicted molar refractivity (Wildman–Crippen MR) is 102 cm³/mol. The Kier molecular flexibility index (Phi) is 3.42. The average molecular weight is 342 g/mol. The molecular formula is C22H18N2O2. The summed E-state index contributed by atoms with van der Waals surface area (Å²) in [6, 6.07) is 20.6. The molecule has 0 saturated carbocycles. The number of nitrogens with zero attached hydrogens (tertiary/aromatic N) is 1. The highest BCUT2D eigenvalue weighted by Gasteiger charge is 2.29. The van der Waals surface area contributed by atoms with Crippen LogP contribution in [0.25, 0.3) is 22.0 Å². The van der Waals surface area contributed by atoms with Crippen LogP contribution in [-0.2, 0) is 4.84 Å². The van der Waals surface area contributed by atoms with Crippen molar-refractivity contribution in [2.24, 2.45) is 5.16 Å². The van der Waals surface area contributed by atoms with Gasteiger partial charge in [0.25, 0.3) is 0 Å². The van der Waals surface area contributed by atoms with Crippen LogP contribution >= 0.6 is 0 Å². The van der Waals surface area contributed by atoms with Gasteiger partial charge in [0.2, 0.25) is 0 Å². The van der Waals surface area contributed by atoms with Crippen molar-refractivity contribution >= 4 is 16.6 Å². The second-order valence-corrected chi connectivity index (χ2v) is 6.59. The van der Waals surface area contributed by atoms with Gasteiger partial charge in [-0.2, -0.15) is 0 Å². The molecule has 1 aliphatic rings. The summed E-state index contributed by atoms with van der Waals surface area (Å²) in [6.07, 6.45) is 2.17. The van der Waals surface area contributed by atoms with Crippen LogP contribution in [0, 0.1) is 6.92 Å². The van der Waals surface area contributed by atoms with Gasteiger partial charge in [0.1, 0.15) is 11.5 Å². The molecule has 0 radical (unpaired) electrons. The maximum absolute atomic E-state index is 5.66. The van der Waals surface area contributed by atoms with Gasteiger partial charge in [0.15, 0.2) is 6.10 Å². The summed E-state index contributed by atoms with van der Waals surface area (Å²) in [5, 5.41) is 5.58. The number of furan rings is 1. The molecule has 26 heavy (non-hydrogen) atoms. The summed E-state index contributed by atoms with van der Waals surface area (Å²) >= 11 is 0. The van der Waals surface area contributed by atoms with E-state index >= 15 is 0 Å². The fourth-order valence-electron chi connectivity index (χ4n) is 3.64. The minimum Gasteiger partial charge on any atom is -0.465 e. The van der Waals surface area contributed by atoms with Gasteiger partial charge in [-0.1, -0.05) is 53.7 Å². The normalized spacial score (nSPS) is 16.7. The Labute approximate surface area is 151 Å². The zero-order chi connectivity index (χ0) is 17.5. The van der Waals surface area contributed by atoms with Crippen molar-refractivity contribution in [2.45, 2.75) is 19.4 Å². The Morgan fingerprint density at radius 2 is 1.88 bits per heavy atom. The SMILES string of the molecule is Cc1cccc2c(-c3ccccc3)c(C3=NOC(c4ccco4)C3)[nH]c12. The number of hydrogen-bond donors (Lipinski definition) is 1. The Hall–Kier alpha value is -3.27. The molecule has 5 rings (SSSR count). The number of nitrogens with one attached hydrogen (secondary N) is 1. The van der Waals surface area contributed by atoms with Gasteiger partial charge in [0.05, 0.1) is 12.0 Å². The molecule has 4 nitrogen and oxygen atoms in total. The molecule has 1 aliphatic heterocycles. The van der Waals surface area contributed by atoms with Crippen molar-refractivity contribution < 1.29 is 9.25 Å². The van der Waals surface area contributed by atoms with E-state index in [9.17, 15) is 0 Å². The number of rotatable bonds is 3. The Morgan fingerprint density at radius 1 is 1.00 bits per heavy atom. The van der Waals surface area contributed by atoms with E-state index in [1.165, 1.54) is 22.1 Å². The number of aryl methyl sites for hydroxylation is 1. The van der Waals surface area contributed by atoms with Crippen LogP contribution in [0.1, 0.15) is 29.5 Å². The molecule has 0 bridgehead atoms. The second kappa shape index (κ2) is 5.92. The van der Waals surface area contributed by atoms with E-state index < -0.39 is 0 Å². The number of benzene rings is 2. The van der Waals surface area contributed by atoms with Gasteiger partial charge in [-0.05, 0) is 30.2 Å². The van der Waals surface area contributed by atoms with Crippen LogP contribution in [0.3, 0.4) is 0 Å². The number of aromatic nitrogens is 1. The molecular weight excluding hydrogens is 324 g/mol. The molecule has 0 saturated heterocycles. The molecule has 2 aromatic carbocycles. The first kappa shape index (κ1) is 15.0. The first-order valence-electron chi connectivity index (χ1n) is 8.74. The van der Waals surface area contributed by atoms with Crippen molar-refractivity contribution in [3.05, 3.63) is 83.9 Å². The van der Waals surface area contributed by atoms with Crippen LogP contribution < -0.4 is 0 Å². The third-order valence-electron chi connectivity index (χ3n) is 4.92. The van der Waals surface area contributed by atoms with E-state index in [1.54, 1.807) is 6.26 Å². The number of oxime groups is 1. The van der Waals surface area contributed by atoms with Crippen LogP contribution in [0.5, 0.6) is 0 Å². The number of H-pyrrole nitrogens is 1. The molecule has 0 amide bonds. The zero-order valence-corrected chi connectivity index (χ0v) is 14.4. The monoisotopic (exact) mass is 342 g/mol. The minimum atomic E-state index is -0.170. The third kappa shape index (κ3) is 2.34. The molecule has 2 aromatic heterocycles. The van der Waals surface area contributed by atoms with Crippen LogP contribution in [0.2, 0.25) is 0 Å². The summed E-state index contributed by atoms with van der Waals surface area (Å²) in [6.45, 7) is 2.12. The highest BCUT2D eigenvalue weighted by molar-refractivity contribution is 6.13. The van der Waals surface area contributed by atoms with Gasteiger partial charge in [-0.15, -0.1) is 0 Å². The molecule has 3 heterocycles. The molecule has 4 heteroatoms. The lowest BCUT2D eigenvalue weighted by Gasteiger charge is -2.05. The quantitative estimate of drug-likeness (QED) is 0.527. The third-order valence-corrected chi connectivity index (χ3v) is 4.92. The van der Waals surface area contributed by atoms with Gasteiger partial charge >= 0.3 is 0 Å². The average Bonchev–Trinajstić information content (AvgIpc) is 3.41. The fraction of sp³-hybridized carbons (Fsp3) is 0.136. The molecule has 0 spiro atoms. The molecule has 1 atom stereocenters. The van der Waals surface area contributed by atoms with Gasteiger partial charge in [-0.3, -0.25) is 0 Å². The lowest BCUT2D eigenvalue weighted by Crippen LogP contribution is -2.02. The summed E-state index contributed by atoms with van der Waals surface area (Å²) < 4.78 is 5.49. The van der Waals surface area contributed by atoms with Gasteiger partial charge in [0, 0.05) is 22.9 Å². The number of fused-ring (bicyclic) bond motifs is 1. The van der Waals surface area contributed by atoms with E-state index in [4.69, 9.17) is 9.25 Å². The van der Waals surface area contributed by atoms with Gasteiger partial charge < -0.3 is 14.2 Å². The summed E-state index contributed by atoms with van der Waals surface area (Å²) in [5.74, 6) is 0.803. The van der Waals surface area contributed by atoms with Crippen molar-refractivity contribution in [3.63, 3.8) is 0 Å². The van der Waals surface area contributed by atoms with E-state index in [-0.39, 0.29) is 6.10 Å². The molecule has 1 unspecified atom stereocenters. The fourth-order valence-corrected chi connectivity index (χ4v) is 3.64. The smallest absolute Gasteiger partial charge is 0.190 e. The zero-order valence-electron chi connectivity index (χ0n) is 14.4. The molecule has 1 N–H and O–H groups in total. The molecule has 0 aliphatic carbocycles. The lowest BCUT2D eigenvalue weighted by molar-refractivity contribution is 0.0689. The standard InChI is InChI=1S/C22H18N2O2/c1-14-7-5-10-16-20(15-8-3-2-4-9-15)22(23-21(14)16)17-13-19(26-24-17)18-11-6-12-25-18/h2-12,19,23H,13H2,1H3. The molecule has 4 aromatic rings. The first-order chi connectivity index (χ1) is 12.8. The van der Waals surface area contributed by atoms with Crippen LogP contribution in [-0.4, -0.2) is 10.7 Å². The van der Waals surface area contributed by atoms with Crippen LogP contribution in [0.4, 0.5) is 0 Å². The summed E-state index contributed by atoms with van der Waals surface area (Å²) in [7, 11) is 0. The van der Waals surface area contributed by atoms with E-state index in [0.29, 0.717) is 6.42 Å². The van der Waals surface area contributed by atoms with Crippen molar-refractivity contribution in [1.82, 2.24) is 4.98 Å². The highest BCUT2D eigenvalue weighted by atomic mass is 16.6. The van der Waals surface area contributed by atoms with Gasteiger partial charge in [-0.25, -0.2) is 0 Å². The Balaban J connectivity index is 1.65. The maximum atomic E-state index is 5.66. The summed E-state index contributed by atoms with van der Waals surface area (Å²) in [4.78, 5) is 9.25. The lowest BCUT2D eigenvalue weighted by atomic mass is 9.97. The predicted octanol–water partition coefficient (Wildman–Crippen LogP) is 5.60. The largest absolute Gasteiger partial charge is 0.465 e. The van der Waals surface area contributed by atoms with Crippen molar-refractivity contribution in [3.8, 4) is 11.1 Å². The summed E-state index contributed by atoms with van der Waals surface area (Å²) in [5.41, 5.74) is 6.64. The van der Waals surface area contributed by atoms with E-state index in [1.807, 2.05) is 18.2 Å². The van der Waals surface area contributed by atoms with E-state index in [2.05, 4.69) is 59.5 Å². The molecule has 128 valence electrons. The number of para-hydroxylation sites is 1. The highest BCUT2D eigenvalue weighted by Crippen LogP contribution is 2.38. The second-order valence-electron chi connectivity index (χ2n) is 6.59. The van der Waals surface area contributed by atoms with E-state index in [0.717, 1.165) is 22.7 Å². The maximum Gasteiger partial charge on any atom is 0.190 e. The van der Waals surface area contributed by atoms with Crippen molar-refractivity contribution in [1.29, 1.82) is 0 Å². The van der Waals surface area contributed by atoms with Crippen molar-refractivity contribution in [2.75, 3.05) is 0 Å². The topological polar surface area (TPSA) is 50.5 Å². The number of hydrogen-bond acceptors (Lipinski definition) is 3. The molecule has 0 fully saturated rings. The minimum absolute atomic E-state index is 0.170. The number of aromatic amines is 1. The Morgan fingerprint density at radius 3 is 2.69 bits per heavy atom.